The van der Waals surface area contributed by atoms with Gasteiger partial charge < -0.3 is 16.5 Å². The maximum Gasteiger partial charge on any atom is 0.278 e. The van der Waals surface area contributed by atoms with E-state index in [2.05, 4.69) is 19.9 Å². The molecule has 0 aromatic carbocycles. The average Bonchev–Trinajstić information content (AvgIpc) is 2.83. The molecule has 2 aromatic rings. The number of hydrogen-bond donors (Lipinski definition) is 4. The SMILES string of the molecule is Nc1nc2nc(C(N)C3CCCCC3)[nH]c2c(=O)[nH]1. The Hall–Kier alpha value is -1.89. The molecule has 7 nitrogen and oxygen atoms in total. The molecule has 6 N–H and O–H groups in total. The summed E-state index contributed by atoms with van der Waals surface area (Å²) in [6.07, 6.45) is 5.93. The highest BCUT2D eigenvalue weighted by atomic mass is 16.1. The summed E-state index contributed by atoms with van der Waals surface area (Å²) in [6.45, 7) is 0. The fraction of sp³-hybridized carbons (Fsp3) is 0.583. The van der Waals surface area contributed by atoms with Gasteiger partial charge >= 0.3 is 0 Å². The Balaban J connectivity index is 1.96. The number of fused-ring (bicyclic) bond motifs is 1. The Labute approximate surface area is 109 Å². The van der Waals surface area contributed by atoms with Crippen LogP contribution in [0.15, 0.2) is 4.79 Å². The second-order valence-corrected chi connectivity index (χ2v) is 5.20. The van der Waals surface area contributed by atoms with E-state index in [4.69, 9.17) is 11.5 Å². The summed E-state index contributed by atoms with van der Waals surface area (Å²) >= 11 is 0. The van der Waals surface area contributed by atoms with E-state index in [9.17, 15) is 4.79 Å². The molecule has 0 amide bonds. The second kappa shape index (κ2) is 4.65. The molecule has 1 unspecified atom stereocenters. The predicted octanol–water partition coefficient (Wildman–Crippen LogP) is 0.808. The van der Waals surface area contributed by atoms with E-state index < -0.39 is 0 Å². The maximum absolute atomic E-state index is 11.7. The van der Waals surface area contributed by atoms with Crippen LogP contribution in [0.25, 0.3) is 11.2 Å². The largest absolute Gasteiger partial charge is 0.369 e. The number of nitrogen functional groups attached to an aromatic ring is 1. The van der Waals surface area contributed by atoms with Crippen LogP contribution in [0.1, 0.15) is 44.0 Å². The van der Waals surface area contributed by atoms with Crippen molar-refractivity contribution in [3.63, 3.8) is 0 Å². The molecular weight excluding hydrogens is 244 g/mol. The van der Waals surface area contributed by atoms with Crippen LogP contribution in [0.4, 0.5) is 5.95 Å². The van der Waals surface area contributed by atoms with Gasteiger partial charge in [0.2, 0.25) is 5.95 Å². The van der Waals surface area contributed by atoms with Gasteiger partial charge in [0.1, 0.15) is 5.82 Å². The molecule has 102 valence electrons. The monoisotopic (exact) mass is 262 g/mol. The molecule has 0 bridgehead atoms. The van der Waals surface area contributed by atoms with Crippen molar-refractivity contribution in [1.82, 2.24) is 19.9 Å². The molecule has 3 rings (SSSR count). The van der Waals surface area contributed by atoms with Gasteiger partial charge in [0.15, 0.2) is 11.2 Å². The van der Waals surface area contributed by atoms with Crippen LogP contribution in [-0.2, 0) is 0 Å². The van der Waals surface area contributed by atoms with Gasteiger partial charge in [0.05, 0.1) is 6.04 Å². The molecule has 1 saturated carbocycles. The molecule has 7 heteroatoms. The number of rotatable bonds is 2. The summed E-state index contributed by atoms with van der Waals surface area (Å²) in [5.41, 5.74) is 12.1. The molecular formula is C12H18N6O. The Morgan fingerprint density at radius 1 is 1.16 bits per heavy atom. The van der Waals surface area contributed by atoms with Crippen molar-refractivity contribution in [2.24, 2.45) is 11.7 Å². The summed E-state index contributed by atoms with van der Waals surface area (Å²) in [4.78, 5) is 25.5. The molecule has 0 spiro atoms. The Bertz CT molecular complexity index is 639. The van der Waals surface area contributed by atoms with Crippen molar-refractivity contribution in [3.05, 3.63) is 16.2 Å². The number of nitrogens with one attached hydrogen (secondary N) is 2. The zero-order valence-electron chi connectivity index (χ0n) is 10.6. The van der Waals surface area contributed by atoms with Crippen LogP contribution in [-0.4, -0.2) is 19.9 Å². The first-order chi connectivity index (χ1) is 9.15. The lowest BCUT2D eigenvalue weighted by molar-refractivity contribution is 0.302. The van der Waals surface area contributed by atoms with Gasteiger partial charge in [-0.25, -0.2) is 4.98 Å². The highest BCUT2D eigenvalue weighted by Gasteiger charge is 2.24. The number of nitrogens with two attached hydrogens (primary N) is 2. The van der Waals surface area contributed by atoms with Crippen molar-refractivity contribution in [1.29, 1.82) is 0 Å². The highest BCUT2D eigenvalue weighted by Crippen LogP contribution is 2.32. The summed E-state index contributed by atoms with van der Waals surface area (Å²) < 4.78 is 0. The third kappa shape index (κ3) is 2.21. The lowest BCUT2D eigenvalue weighted by Gasteiger charge is -2.25. The van der Waals surface area contributed by atoms with Gasteiger partial charge in [0, 0.05) is 0 Å². The Morgan fingerprint density at radius 3 is 2.63 bits per heavy atom. The summed E-state index contributed by atoms with van der Waals surface area (Å²) in [7, 11) is 0. The third-order valence-corrected chi connectivity index (χ3v) is 3.87. The molecule has 0 saturated heterocycles. The van der Waals surface area contributed by atoms with Crippen molar-refractivity contribution < 1.29 is 0 Å². The van der Waals surface area contributed by atoms with Crippen LogP contribution >= 0.6 is 0 Å². The van der Waals surface area contributed by atoms with Gasteiger partial charge in [-0.2, -0.15) is 4.98 Å². The Kier molecular flexibility index (Phi) is 2.98. The summed E-state index contributed by atoms with van der Waals surface area (Å²) in [5.74, 6) is 1.12. The first kappa shape index (κ1) is 12.2. The van der Waals surface area contributed by atoms with E-state index in [0.29, 0.717) is 22.9 Å². The molecule has 0 radical (unpaired) electrons. The molecule has 2 heterocycles. The number of hydrogen-bond acceptors (Lipinski definition) is 5. The standard InChI is InChI=1S/C12H18N6O/c13-7(6-4-2-1-3-5-6)9-15-8-10(16-9)17-12(14)18-11(8)19/h6-7H,1-5,13H2,(H4,14,15,16,17,18,19). The molecule has 1 aliphatic carbocycles. The van der Waals surface area contributed by atoms with Crippen LogP contribution < -0.4 is 17.0 Å². The Morgan fingerprint density at radius 2 is 1.89 bits per heavy atom. The molecule has 1 atom stereocenters. The van der Waals surface area contributed by atoms with E-state index in [0.717, 1.165) is 12.8 Å². The maximum atomic E-state index is 11.7. The third-order valence-electron chi connectivity index (χ3n) is 3.87. The van der Waals surface area contributed by atoms with Crippen molar-refractivity contribution in [2.45, 2.75) is 38.1 Å². The zero-order valence-corrected chi connectivity index (χ0v) is 10.6. The number of imidazole rings is 1. The van der Waals surface area contributed by atoms with Crippen LogP contribution in [0, 0.1) is 5.92 Å². The van der Waals surface area contributed by atoms with E-state index in [1.807, 2.05) is 0 Å². The van der Waals surface area contributed by atoms with Gasteiger partial charge in [-0.15, -0.1) is 0 Å². The quantitative estimate of drug-likeness (QED) is 0.637. The van der Waals surface area contributed by atoms with Crippen molar-refractivity contribution in [2.75, 3.05) is 5.73 Å². The minimum atomic E-state index is -0.308. The molecule has 1 fully saturated rings. The average molecular weight is 262 g/mol. The molecule has 0 aliphatic heterocycles. The minimum absolute atomic E-state index is 0.0711. The molecule has 19 heavy (non-hydrogen) atoms. The van der Waals surface area contributed by atoms with Crippen molar-refractivity contribution in [3.8, 4) is 0 Å². The van der Waals surface area contributed by atoms with E-state index in [1.165, 1.54) is 19.3 Å². The second-order valence-electron chi connectivity index (χ2n) is 5.20. The molecule has 2 aromatic heterocycles. The van der Waals surface area contributed by atoms with Crippen LogP contribution in [0.2, 0.25) is 0 Å². The van der Waals surface area contributed by atoms with Gasteiger partial charge in [0.25, 0.3) is 5.56 Å². The highest BCUT2D eigenvalue weighted by molar-refractivity contribution is 5.70. The van der Waals surface area contributed by atoms with Crippen molar-refractivity contribution >= 4 is 17.1 Å². The predicted molar refractivity (Wildman–Crippen MR) is 72.4 cm³/mol. The summed E-state index contributed by atoms with van der Waals surface area (Å²) in [6, 6.07) is -0.171. The van der Waals surface area contributed by atoms with Gasteiger partial charge in [-0.3, -0.25) is 9.78 Å². The molecule has 1 aliphatic rings. The minimum Gasteiger partial charge on any atom is -0.369 e. The van der Waals surface area contributed by atoms with E-state index >= 15 is 0 Å². The topological polar surface area (TPSA) is 126 Å². The smallest absolute Gasteiger partial charge is 0.278 e. The van der Waals surface area contributed by atoms with Gasteiger partial charge in [-0.05, 0) is 18.8 Å². The normalized spacial score (nSPS) is 18.8. The number of aromatic amines is 2. The fourth-order valence-electron chi connectivity index (χ4n) is 2.82. The van der Waals surface area contributed by atoms with Gasteiger partial charge in [-0.1, -0.05) is 19.3 Å². The fourth-order valence-corrected chi connectivity index (χ4v) is 2.82. The number of nitrogens with zero attached hydrogens (tertiary/aromatic N) is 2. The van der Waals surface area contributed by atoms with Crippen LogP contribution in [0.3, 0.4) is 0 Å². The number of H-pyrrole nitrogens is 2. The van der Waals surface area contributed by atoms with E-state index in [-0.39, 0.29) is 17.5 Å². The lowest BCUT2D eigenvalue weighted by Crippen LogP contribution is -2.24. The first-order valence-electron chi connectivity index (χ1n) is 6.66. The first-order valence-corrected chi connectivity index (χ1v) is 6.66. The van der Waals surface area contributed by atoms with Crippen LogP contribution in [0.5, 0.6) is 0 Å². The number of aromatic nitrogens is 4. The summed E-state index contributed by atoms with van der Waals surface area (Å²) in [5, 5.41) is 0. The lowest BCUT2D eigenvalue weighted by atomic mass is 9.84. The van der Waals surface area contributed by atoms with E-state index in [1.54, 1.807) is 0 Å². The zero-order chi connectivity index (χ0) is 13.4. The number of anilines is 1.